The van der Waals surface area contributed by atoms with E-state index >= 15 is 0 Å². The lowest BCUT2D eigenvalue weighted by molar-refractivity contribution is 0.101. The monoisotopic (exact) mass is 301 g/mol. The topological polar surface area (TPSA) is 40.5 Å². The maximum atomic E-state index is 11.5. The number of phenols is 1. The van der Waals surface area contributed by atoms with Crippen molar-refractivity contribution in [3.63, 3.8) is 0 Å². The molecule has 0 heterocycles. The van der Waals surface area contributed by atoms with Crippen molar-refractivity contribution < 1.29 is 9.90 Å². The summed E-state index contributed by atoms with van der Waals surface area (Å²) in [6.45, 7) is 4.12. The van der Waals surface area contributed by atoms with Crippen molar-refractivity contribution in [3.05, 3.63) is 28.3 Å². The summed E-state index contributed by atoms with van der Waals surface area (Å²) >= 11 is 7.78. The van der Waals surface area contributed by atoms with Gasteiger partial charge in [0.1, 0.15) is 5.75 Å². The molecule has 0 bridgehead atoms. The lowest BCUT2D eigenvalue weighted by Crippen LogP contribution is -2.30. The number of ketones is 1. The van der Waals surface area contributed by atoms with E-state index in [0.29, 0.717) is 23.2 Å². The maximum Gasteiger partial charge on any atom is 0.163 e. The fourth-order valence-corrected chi connectivity index (χ4v) is 2.82. The Morgan fingerprint density at radius 1 is 1.53 bits per heavy atom. The van der Waals surface area contributed by atoms with Crippen LogP contribution in [0.3, 0.4) is 0 Å². The van der Waals surface area contributed by atoms with Crippen LogP contribution in [0.5, 0.6) is 5.75 Å². The number of carbonyl (C=O) groups is 1. The number of hydrogen-bond acceptors (Lipinski definition) is 4. The molecule has 1 N–H and O–H groups in total. The van der Waals surface area contributed by atoms with Gasteiger partial charge in [-0.3, -0.25) is 9.69 Å². The highest BCUT2D eigenvalue weighted by Crippen LogP contribution is 2.29. The molecule has 0 saturated heterocycles. The third-order valence-corrected chi connectivity index (χ3v) is 4.15. The van der Waals surface area contributed by atoms with E-state index in [1.165, 1.54) is 13.0 Å². The zero-order valence-electron chi connectivity index (χ0n) is 11.7. The summed E-state index contributed by atoms with van der Waals surface area (Å²) in [6.07, 6.45) is 2.06. The summed E-state index contributed by atoms with van der Waals surface area (Å²) in [5.74, 6) is 0.873. The predicted molar refractivity (Wildman–Crippen MR) is 82.4 cm³/mol. The van der Waals surface area contributed by atoms with Gasteiger partial charge in [-0.1, -0.05) is 11.6 Å². The van der Waals surface area contributed by atoms with Crippen molar-refractivity contribution in [3.8, 4) is 5.75 Å². The summed E-state index contributed by atoms with van der Waals surface area (Å²) in [5.41, 5.74) is 0.974. The zero-order valence-corrected chi connectivity index (χ0v) is 13.3. The number of benzene rings is 1. The molecule has 0 spiro atoms. The van der Waals surface area contributed by atoms with Gasteiger partial charge >= 0.3 is 0 Å². The second kappa shape index (κ2) is 7.17. The van der Waals surface area contributed by atoms with Crippen LogP contribution in [0.1, 0.15) is 29.8 Å². The van der Waals surface area contributed by atoms with Crippen LogP contribution in [0, 0.1) is 0 Å². The van der Waals surface area contributed by atoms with E-state index in [2.05, 4.69) is 18.1 Å². The minimum absolute atomic E-state index is 0.0418. The molecule has 1 aromatic carbocycles. The number of phenolic OH excluding ortho intramolecular Hbond substituents is 1. The predicted octanol–water partition coefficient (Wildman–Crippen LogP) is 3.43. The molecule has 0 radical (unpaired) electrons. The van der Waals surface area contributed by atoms with Crippen LogP contribution in [0.25, 0.3) is 0 Å². The number of hydrogen-bond donors (Lipinski definition) is 1. The van der Waals surface area contributed by atoms with Crippen molar-refractivity contribution in [2.24, 2.45) is 0 Å². The van der Waals surface area contributed by atoms with Crippen LogP contribution in [0.15, 0.2) is 12.1 Å². The lowest BCUT2D eigenvalue weighted by Gasteiger charge is -2.24. The molecule has 0 aliphatic rings. The van der Waals surface area contributed by atoms with Crippen molar-refractivity contribution in [1.29, 1.82) is 0 Å². The third kappa shape index (κ3) is 4.41. The fraction of sp³-hybridized carbons (Fsp3) is 0.500. The van der Waals surface area contributed by atoms with E-state index < -0.39 is 0 Å². The van der Waals surface area contributed by atoms with Gasteiger partial charge in [0.2, 0.25) is 0 Å². The first kappa shape index (κ1) is 16.3. The largest absolute Gasteiger partial charge is 0.507 e. The van der Waals surface area contributed by atoms with Gasteiger partial charge in [0, 0.05) is 28.9 Å². The molecule has 0 aliphatic heterocycles. The van der Waals surface area contributed by atoms with Gasteiger partial charge in [-0.25, -0.2) is 0 Å². The molecule has 19 heavy (non-hydrogen) atoms. The number of thioether (sulfide) groups is 1. The van der Waals surface area contributed by atoms with Crippen LogP contribution >= 0.6 is 23.4 Å². The number of carbonyl (C=O) groups excluding carboxylic acids is 1. The first-order valence-corrected chi connectivity index (χ1v) is 7.85. The number of rotatable bonds is 6. The van der Waals surface area contributed by atoms with E-state index in [4.69, 9.17) is 11.6 Å². The fourth-order valence-electron chi connectivity index (χ4n) is 1.84. The summed E-state index contributed by atoms with van der Waals surface area (Å²) < 4.78 is 0. The quantitative estimate of drug-likeness (QED) is 0.817. The SMILES string of the molecule is CSCC(C)N(C)Cc1cc(Cl)cc(C(C)=O)c1O. The summed E-state index contributed by atoms with van der Waals surface area (Å²) in [7, 11) is 1.99. The average Bonchev–Trinajstić information content (AvgIpc) is 2.33. The second-order valence-electron chi connectivity index (χ2n) is 4.74. The number of halogens is 1. The highest BCUT2D eigenvalue weighted by Gasteiger charge is 2.16. The highest BCUT2D eigenvalue weighted by molar-refractivity contribution is 7.98. The van der Waals surface area contributed by atoms with E-state index in [1.807, 2.05) is 7.05 Å². The summed E-state index contributed by atoms with van der Waals surface area (Å²) in [4.78, 5) is 13.6. The first-order chi connectivity index (χ1) is 8.86. The molecule has 1 rings (SSSR count). The molecule has 1 atom stereocenters. The van der Waals surface area contributed by atoms with E-state index in [0.717, 1.165) is 5.75 Å². The molecule has 0 amide bonds. The van der Waals surface area contributed by atoms with Crippen LogP contribution in [0.2, 0.25) is 5.02 Å². The zero-order chi connectivity index (χ0) is 14.6. The molecule has 3 nitrogen and oxygen atoms in total. The molecule has 0 aliphatic carbocycles. The summed E-state index contributed by atoms with van der Waals surface area (Å²) in [5, 5.41) is 10.6. The molecule has 106 valence electrons. The highest BCUT2D eigenvalue weighted by atomic mass is 35.5. The van der Waals surface area contributed by atoms with E-state index in [-0.39, 0.29) is 17.1 Å². The van der Waals surface area contributed by atoms with Crippen molar-refractivity contribution in [2.45, 2.75) is 26.4 Å². The Hall–Kier alpha value is -0.710. The Morgan fingerprint density at radius 2 is 2.16 bits per heavy atom. The number of aromatic hydroxyl groups is 1. The van der Waals surface area contributed by atoms with E-state index in [9.17, 15) is 9.90 Å². The van der Waals surface area contributed by atoms with Crippen LogP contribution in [-0.4, -0.2) is 40.9 Å². The average molecular weight is 302 g/mol. The van der Waals surface area contributed by atoms with Gasteiger partial charge in [0.15, 0.2) is 5.78 Å². The standard InChI is InChI=1S/C14H20ClNO2S/c1-9(8-19-4)16(3)7-11-5-12(15)6-13(10(2)17)14(11)18/h5-6,9,18H,7-8H2,1-4H3. The number of Topliss-reactive ketones (excluding diaryl/α,β-unsaturated/α-hetero) is 1. The molecule has 0 saturated carbocycles. The smallest absolute Gasteiger partial charge is 0.163 e. The maximum absolute atomic E-state index is 11.5. The van der Waals surface area contributed by atoms with Gasteiger partial charge in [-0.15, -0.1) is 0 Å². The minimum Gasteiger partial charge on any atom is -0.507 e. The Kier molecular flexibility index (Phi) is 6.17. The Bertz CT molecular complexity index is 465. The van der Waals surface area contributed by atoms with Crippen LogP contribution in [0.4, 0.5) is 0 Å². The van der Waals surface area contributed by atoms with Gasteiger partial charge in [0.05, 0.1) is 5.56 Å². The van der Waals surface area contributed by atoms with Gasteiger partial charge in [-0.2, -0.15) is 11.8 Å². The van der Waals surface area contributed by atoms with Crippen molar-refractivity contribution in [1.82, 2.24) is 4.90 Å². The number of nitrogens with zero attached hydrogens (tertiary/aromatic N) is 1. The molecular weight excluding hydrogens is 282 g/mol. The molecule has 1 unspecified atom stereocenters. The molecule has 0 fully saturated rings. The third-order valence-electron chi connectivity index (χ3n) is 3.11. The molecular formula is C14H20ClNO2S. The van der Waals surface area contributed by atoms with Crippen molar-refractivity contribution >= 4 is 29.1 Å². The normalized spacial score (nSPS) is 12.7. The van der Waals surface area contributed by atoms with Gasteiger partial charge in [-0.05, 0) is 39.3 Å². The Labute approximate surface area is 123 Å². The van der Waals surface area contributed by atoms with Crippen LogP contribution in [-0.2, 0) is 6.54 Å². The van der Waals surface area contributed by atoms with Crippen LogP contribution < -0.4 is 0 Å². The molecule has 1 aromatic rings. The molecule has 0 aromatic heterocycles. The minimum atomic E-state index is -0.180. The van der Waals surface area contributed by atoms with Gasteiger partial charge in [0.25, 0.3) is 0 Å². The lowest BCUT2D eigenvalue weighted by atomic mass is 10.1. The molecule has 5 heteroatoms. The van der Waals surface area contributed by atoms with Crippen molar-refractivity contribution in [2.75, 3.05) is 19.1 Å². The Morgan fingerprint density at radius 3 is 2.68 bits per heavy atom. The van der Waals surface area contributed by atoms with E-state index in [1.54, 1.807) is 17.8 Å². The second-order valence-corrected chi connectivity index (χ2v) is 6.08. The first-order valence-electron chi connectivity index (χ1n) is 6.08. The Balaban J connectivity index is 2.98. The summed E-state index contributed by atoms with van der Waals surface area (Å²) in [6, 6.07) is 3.61. The van der Waals surface area contributed by atoms with Gasteiger partial charge < -0.3 is 5.11 Å².